The molecule has 0 radical (unpaired) electrons. The van der Waals surface area contributed by atoms with Gasteiger partial charge < -0.3 is 9.67 Å². The molecule has 18 heavy (non-hydrogen) atoms. The summed E-state index contributed by atoms with van der Waals surface area (Å²) in [6.07, 6.45) is 2.03. The van der Waals surface area contributed by atoms with Crippen molar-refractivity contribution in [3.8, 4) is 0 Å². The third kappa shape index (κ3) is 1.79. The van der Waals surface area contributed by atoms with Crippen molar-refractivity contribution in [2.24, 2.45) is 13.0 Å². The smallest absolute Gasteiger partial charge is 0.312 e. The van der Waals surface area contributed by atoms with Crippen molar-refractivity contribution in [3.05, 3.63) is 35.0 Å². The molecule has 1 aliphatic carbocycles. The molecule has 0 amide bonds. The lowest BCUT2D eigenvalue weighted by atomic mass is 10.00. The van der Waals surface area contributed by atoms with Crippen molar-refractivity contribution in [1.82, 2.24) is 4.57 Å². The van der Waals surface area contributed by atoms with Gasteiger partial charge in [-0.05, 0) is 42.3 Å². The number of hydrogen-bond acceptors (Lipinski definition) is 1. The molecule has 2 aromatic rings. The van der Waals surface area contributed by atoms with Crippen molar-refractivity contribution in [2.75, 3.05) is 0 Å². The Morgan fingerprint density at radius 2 is 2.17 bits per heavy atom. The second-order valence-corrected chi connectivity index (χ2v) is 5.42. The second-order valence-electron chi connectivity index (χ2n) is 4.98. The fourth-order valence-electron chi connectivity index (χ4n) is 2.62. The summed E-state index contributed by atoms with van der Waals surface area (Å²) in [4.78, 5) is 11.4. The maximum absolute atomic E-state index is 11.4. The quantitative estimate of drug-likeness (QED) is 0.922. The largest absolute Gasteiger partial charge is 0.481 e. The summed E-state index contributed by atoms with van der Waals surface area (Å²) in [7, 11) is 1.91. The van der Waals surface area contributed by atoms with Crippen LogP contribution in [0.25, 0.3) is 10.9 Å². The van der Waals surface area contributed by atoms with Gasteiger partial charge in [0.05, 0.1) is 5.92 Å². The first-order valence-electron chi connectivity index (χ1n) is 6.05. The van der Waals surface area contributed by atoms with Gasteiger partial charge in [0, 0.05) is 23.3 Å². The number of nitrogens with zero attached hydrogens (tertiary/aromatic N) is 1. The molecule has 0 bridgehead atoms. The van der Waals surface area contributed by atoms with Crippen LogP contribution in [0.3, 0.4) is 0 Å². The predicted molar refractivity (Wildman–Crippen MR) is 71.0 cm³/mol. The molecular formula is C14H14ClNO2. The van der Waals surface area contributed by atoms with E-state index >= 15 is 0 Å². The Morgan fingerprint density at radius 1 is 1.44 bits per heavy atom. The number of carbonyl (C=O) groups is 1. The van der Waals surface area contributed by atoms with Gasteiger partial charge in [-0.2, -0.15) is 0 Å². The van der Waals surface area contributed by atoms with E-state index in [1.54, 1.807) is 0 Å². The Kier molecular flexibility index (Phi) is 2.59. The molecule has 1 heterocycles. The molecule has 0 saturated heterocycles. The van der Waals surface area contributed by atoms with Crippen LogP contribution in [0.5, 0.6) is 0 Å². The third-order valence-electron chi connectivity index (χ3n) is 3.72. The molecule has 0 spiro atoms. The molecule has 3 nitrogen and oxygen atoms in total. The van der Waals surface area contributed by atoms with Crippen molar-refractivity contribution in [2.45, 2.75) is 18.8 Å². The van der Waals surface area contributed by atoms with Crippen LogP contribution in [0.4, 0.5) is 0 Å². The molecule has 1 aliphatic rings. The van der Waals surface area contributed by atoms with Gasteiger partial charge in [-0.15, -0.1) is 0 Å². The number of benzene rings is 1. The summed E-state index contributed by atoms with van der Waals surface area (Å²) in [5.74, 6) is -0.823. The Bertz CT molecular complexity index is 628. The number of aryl methyl sites for hydroxylation is 1. The van der Waals surface area contributed by atoms with Crippen molar-refractivity contribution in [3.63, 3.8) is 0 Å². The fourth-order valence-corrected chi connectivity index (χ4v) is 2.79. The molecule has 4 heteroatoms. The summed E-state index contributed by atoms with van der Waals surface area (Å²) in [6, 6.07) is 7.63. The van der Waals surface area contributed by atoms with E-state index in [1.165, 1.54) is 0 Å². The van der Waals surface area contributed by atoms with Gasteiger partial charge in [-0.3, -0.25) is 4.79 Å². The number of carboxylic acids is 1. The first-order valence-corrected chi connectivity index (χ1v) is 6.43. The van der Waals surface area contributed by atoms with Crippen LogP contribution >= 0.6 is 11.6 Å². The molecule has 1 aromatic heterocycles. The standard InChI is InChI=1S/C14H14ClNO2/c1-16-11-7-10(15)5-4-9(11)6-12(16)13(14(17)18)8-2-3-8/h4-8,13H,2-3H2,1H3,(H,17,18). The van der Waals surface area contributed by atoms with Crippen LogP contribution in [-0.2, 0) is 11.8 Å². The number of hydrogen-bond donors (Lipinski definition) is 1. The average molecular weight is 264 g/mol. The summed E-state index contributed by atoms with van der Waals surface area (Å²) >= 11 is 5.99. The summed E-state index contributed by atoms with van der Waals surface area (Å²) in [6.45, 7) is 0. The lowest BCUT2D eigenvalue weighted by molar-refractivity contribution is -0.139. The molecule has 1 fully saturated rings. The molecule has 1 aromatic carbocycles. The molecule has 0 aliphatic heterocycles. The lowest BCUT2D eigenvalue weighted by Gasteiger charge is -2.12. The molecule has 1 atom stereocenters. The average Bonchev–Trinajstić information content (AvgIpc) is 3.08. The summed E-state index contributed by atoms with van der Waals surface area (Å²) in [5, 5.41) is 11.1. The molecule has 1 N–H and O–H groups in total. The number of rotatable bonds is 3. The minimum atomic E-state index is -0.727. The van der Waals surface area contributed by atoms with Crippen LogP contribution in [0.2, 0.25) is 5.02 Å². The molecule has 94 valence electrons. The van der Waals surface area contributed by atoms with Gasteiger partial charge in [0.1, 0.15) is 0 Å². The van der Waals surface area contributed by atoms with Gasteiger partial charge in [0.15, 0.2) is 0 Å². The highest BCUT2D eigenvalue weighted by molar-refractivity contribution is 6.31. The zero-order chi connectivity index (χ0) is 12.9. The van der Waals surface area contributed by atoms with Gasteiger partial charge >= 0.3 is 5.97 Å². The molecule has 1 unspecified atom stereocenters. The van der Waals surface area contributed by atoms with E-state index in [2.05, 4.69) is 0 Å². The molecular weight excluding hydrogens is 250 g/mol. The Balaban J connectivity index is 2.16. The van der Waals surface area contributed by atoms with E-state index in [-0.39, 0.29) is 5.92 Å². The topological polar surface area (TPSA) is 42.2 Å². The zero-order valence-electron chi connectivity index (χ0n) is 10.1. The van der Waals surface area contributed by atoms with Gasteiger partial charge in [-0.1, -0.05) is 17.7 Å². The number of aliphatic carboxylic acids is 1. The first kappa shape index (κ1) is 11.6. The SMILES string of the molecule is Cn1c(C(C(=O)O)C2CC2)cc2ccc(Cl)cc21. The fraction of sp³-hybridized carbons (Fsp3) is 0.357. The van der Waals surface area contributed by atoms with Crippen molar-refractivity contribution < 1.29 is 9.90 Å². The second kappa shape index (κ2) is 4.02. The van der Waals surface area contributed by atoms with Crippen molar-refractivity contribution in [1.29, 1.82) is 0 Å². The summed E-state index contributed by atoms with van der Waals surface area (Å²) in [5.41, 5.74) is 1.87. The van der Waals surface area contributed by atoms with Crippen LogP contribution in [0.1, 0.15) is 24.5 Å². The van der Waals surface area contributed by atoms with Crippen LogP contribution in [0, 0.1) is 5.92 Å². The zero-order valence-corrected chi connectivity index (χ0v) is 10.8. The maximum atomic E-state index is 11.4. The van der Waals surface area contributed by atoms with Gasteiger partial charge in [0.2, 0.25) is 0 Å². The Morgan fingerprint density at radius 3 is 2.78 bits per heavy atom. The van der Waals surface area contributed by atoms with E-state index in [0.717, 1.165) is 29.4 Å². The van der Waals surface area contributed by atoms with Crippen LogP contribution < -0.4 is 0 Å². The van der Waals surface area contributed by atoms with E-state index in [9.17, 15) is 9.90 Å². The number of aromatic nitrogens is 1. The van der Waals surface area contributed by atoms with E-state index in [1.807, 2.05) is 35.9 Å². The molecule has 1 saturated carbocycles. The highest BCUT2D eigenvalue weighted by atomic mass is 35.5. The van der Waals surface area contributed by atoms with Crippen LogP contribution in [-0.4, -0.2) is 15.6 Å². The number of fused-ring (bicyclic) bond motifs is 1. The Hall–Kier alpha value is -1.48. The van der Waals surface area contributed by atoms with E-state index in [4.69, 9.17) is 11.6 Å². The van der Waals surface area contributed by atoms with E-state index < -0.39 is 5.97 Å². The van der Waals surface area contributed by atoms with Crippen molar-refractivity contribution >= 4 is 28.5 Å². The van der Waals surface area contributed by atoms with Gasteiger partial charge in [-0.25, -0.2) is 0 Å². The van der Waals surface area contributed by atoms with Gasteiger partial charge in [0.25, 0.3) is 0 Å². The summed E-state index contributed by atoms with van der Waals surface area (Å²) < 4.78 is 1.96. The maximum Gasteiger partial charge on any atom is 0.312 e. The monoisotopic (exact) mass is 263 g/mol. The predicted octanol–water partition coefficient (Wildman–Crippen LogP) is 3.41. The minimum absolute atomic E-state index is 0.293. The number of carboxylic acid groups (broad SMARTS) is 1. The highest BCUT2D eigenvalue weighted by Crippen LogP contribution is 2.43. The van der Waals surface area contributed by atoms with E-state index in [0.29, 0.717) is 10.9 Å². The number of halogens is 1. The normalized spacial score (nSPS) is 17.0. The third-order valence-corrected chi connectivity index (χ3v) is 3.96. The highest BCUT2D eigenvalue weighted by Gasteiger charge is 2.39. The Labute approximate surface area is 110 Å². The lowest BCUT2D eigenvalue weighted by Crippen LogP contribution is -2.16. The van der Waals surface area contributed by atoms with Crippen LogP contribution in [0.15, 0.2) is 24.3 Å². The molecule has 3 rings (SSSR count). The minimum Gasteiger partial charge on any atom is -0.481 e. The first-order chi connectivity index (χ1) is 8.58.